The first-order chi connectivity index (χ1) is 10.3. The monoisotopic (exact) mass is 300 g/mol. The van der Waals surface area contributed by atoms with E-state index in [2.05, 4.69) is 34.6 Å². The second kappa shape index (κ2) is 3.80. The van der Waals surface area contributed by atoms with E-state index in [0.29, 0.717) is 16.2 Å². The molecule has 0 aliphatic heterocycles. The molecular weight excluding hydrogens is 264 g/mol. The summed E-state index contributed by atoms with van der Waals surface area (Å²) in [7, 11) is 0. The van der Waals surface area contributed by atoms with Gasteiger partial charge in [0.25, 0.3) is 0 Å². The van der Waals surface area contributed by atoms with E-state index >= 15 is 0 Å². The predicted molar refractivity (Wildman–Crippen MR) is 92.5 cm³/mol. The largest absolute Gasteiger partial charge is 0.0620 e. The van der Waals surface area contributed by atoms with E-state index < -0.39 is 0 Å². The summed E-state index contributed by atoms with van der Waals surface area (Å²) in [6.07, 6.45) is 12.3. The van der Waals surface area contributed by atoms with Gasteiger partial charge in [0.2, 0.25) is 0 Å². The molecule has 5 fully saturated rings. The van der Waals surface area contributed by atoms with E-state index in [1.807, 2.05) is 0 Å². The summed E-state index contributed by atoms with van der Waals surface area (Å²) in [4.78, 5) is 0. The van der Waals surface area contributed by atoms with E-state index in [-0.39, 0.29) is 0 Å². The highest BCUT2D eigenvalue weighted by Crippen LogP contribution is 2.88. The Bertz CT molecular complexity index is 522. The van der Waals surface area contributed by atoms with Crippen LogP contribution < -0.4 is 0 Å². The van der Waals surface area contributed by atoms with E-state index in [9.17, 15) is 0 Å². The Morgan fingerprint density at radius 3 is 2.36 bits per heavy atom. The van der Waals surface area contributed by atoms with Gasteiger partial charge in [-0.1, -0.05) is 41.0 Å². The molecule has 0 N–H and O–H groups in total. The van der Waals surface area contributed by atoms with Crippen LogP contribution in [0.4, 0.5) is 0 Å². The molecule has 5 aliphatic carbocycles. The van der Waals surface area contributed by atoms with Crippen LogP contribution in [-0.4, -0.2) is 0 Å². The maximum absolute atomic E-state index is 2.74. The van der Waals surface area contributed by atoms with Crippen LogP contribution in [0.25, 0.3) is 0 Å². The number of rotatable bonds is 0. The molecule has 0 nitrogen and oxygen atoms in total. The van der Waals surface area contributed by atoms with Crippen LogP contribution >= 0.6 is 0 Å². The third kappa shape index (κ3) is 1.28. The third-order valence-corrected chi connectivity index (χ3v) is 10.9. The van der Waals surface area contributed by atoms with E-state index in [1.165, 1.54) is 25.7 Å². The van der Waals surface area contributed by atoms with Gasteiger partial charge in [-0.15, -0.1) is 0 Å². The van der Waals surface area contributed by atoms with E-state index in [1.54, 1.807) is 25.7 Å². The van der Waals surface area contributed by atoms with Crippen molar-refractivity contribution in [3.8, 4) is 0 Å². The van der Waals surface area contributed by atoms with Crippen LogP contribution in [0, 0.1) is 51.2 Å². The summed E-state index contributed by atoms with van der Waals surface area (Å²) in [5.74, 6) is 5.21. The smallest absolute Gasteiger partial charge is 0.0204 e. The lowest BCUT2D eigenvalue weighted by molar-refractivity contribution is -0.0846. The van der Waals surface area contributed by atoms with Crippen LogP contribution in [0.1, 0.15) is 86.0 Å². The van der Waals surface area contributed by atoms with Crippen LogP contribution in [0.2, 0.25) is 0 Å². The van der Waals surface area contributed by atoms with Gasteiger partial charge in [0.15, 0.2) is 0 Å². The zero-order valence-electron chi connectivity index (χ0n) is 15.5. The molecule has 22 heavy (non-hydrogen) atoms. The lowest BCUT2D eigenvalue weighted by Crippen LogP contribution is -2.50. The molecular formula is C22H36. The number of fused-ring (bicyclic) bond motifs is 5. The molecule has 0 aromatic heterocycles. The molecule has 124 valence electrons. The zero-order chi connectivity index (χ0) is 15.5. The quantitative estimate of drug-likeness (QED) is 0.492. The molecule has 0 bridgehead atoms. The Balaban J connectivity index is 1.60. The summed E-state index contributed by atoms with van der Waals surface area (Å²) < 4.78 is 0. The molecule has 0 aromatic carbocycles. The topological polar surface area (TPSA) is 0 Å². The summed E-state index contributed by atoms with van der Waals surface area (Å²) in [5.41, 5.74) is 2.76. The predicted octanol–water partition coefficient (Wildman–Crippen LogP) is 6.30. The van der Waals surface area contributed by atoms with Crippen molar-refractivity contribution in [2.24, 2.45) is 51.2 Å². The molecule has 0 heterocycles. The maximum Gasteiger partial charge on any atom is -0.0204 e. The Morgan fingerprint density at radius 1 is 0.818 bits per heavy atom. The normalized spacial score (nSPS) is 68.9. The van der Waals surface area contributed by atoms with E-state index in [4.69, 9.17) is 0 Å². The SMILES string of the molecule is CC1CCC2(C)C3CCC4(C)CCCC4C3CC3(C)C2C13C. The van der Waals surface area contributed by atoms with E-state index in [0.717, 1.165) is 35.0 Å². The molecule has 0 spiro atoms. The Hall–Kier alpha value is 0. The Morgan fingerprint density at radius 2 is 1.59 bits per heavy atom. The molecule has 5 saturated carbocycles. The number of hydrogen-bond donors (Lipinski definition) is 0. The molecule has 0 heteroatoms. The van der Waals surface area contributed by atoms with Gasteiger partial charge < -0.3 is 0 Å². The molecule has 0 radical (unpaired) electrons. The average Bonchev–Trinajstić information content (AvgIpc) is 2.79. The third-order valence-electron chi connectivity index (χ3n) is 10.9. The first kappa shape index (κ1) is 14.4. The maximum atomic E-state index is 2.74. The van der Waals surface area contributed by atoms with Crippen LogP contribution in [0.15, 0.2) is 0 Å². The van der Waals surface area contributed by atoms with Crippen molar-refractivity contribution in [3.63, 3.8) is 0 Å². The standard InChI is InChI=1S/C22H36/c1-14-8-12-20(3)17-9-11-19(2)10-6-7-16(19)15(17)13-21(4)18(20)22(14,21)5/h14-18H,6-13H2,1-5H3. The van der Waals surface area contributed by atoms with Crippen molar-refractivity contribution in [1.29, 1.82) is 0 Å². The highest BCUT2D eigenvalue weighted by atomic mass is 14.9. The van der Waals surface area contributed by atoms with Crippen LogP contribution in [0.5, 0.6) is 0 Å². The van der Waals surface area contributed by atoms with Gasteiger partial charge in [0, 0.05) is 0 Å². The van der Waals surface area contributed by atoms with Gasteiger partial charge in [-0.3, -0.25) is 0 Å². The molecule has 0 amide bonds. The Labute approximate surface area is 137 Å². The van der Waals surface area contributed by atoms with Crippen LogP contribution in [-0.2, 0) is 0 Å². The lowest BCUT2D eigenvalue weighted by Gasteiger charge is -2.57. The van der Waals surface area contributed by atoms with Crippen molar-refractivity contribution in [2.45, 2.75) is 86.0 Å². The molecule has 5 aliphatic rings. The average molecular weight is 301 g/mol. The minimum absolute atomic E-state index is 0.673. The zero-order valence-corrected chi connectivity index (χ0v) is 15.5. The molecule has 0 saturated heterocycles. The van der Waals surface area contributed by atoms with Gasteiger partial charge in [0.1, 0.15) is 0 Å². The van der Waals surface area contributed by atoms with Crippen molar-refractivity contribution in [1.82, 2.24) is 0 Å². The molecule has 5 rings (SSSR count). The van der Waals surface area contributed by atoms with Crippen LogP contribution in [0.3, 0.4) is 0 Å². The molecule has 9 atom stereocenters. The van der Waals surface area contributed by atoms with Gasteiger partial charge in [-0.25, -0.2) is 0 Å². The fourth-order valence-corrected chi connectivity index (χ4v) is 9.75. The van der Waals surface area contributed by atoms with Crippen molar-refractivity contribution >= 4 is 0 Å². The number of hydrogen-bond acceptors (Lipinski definition) is 0. The lowest BCUT2D eigenvalue weighted by atomic mass is 9.47. The summed E-state index contributed by atoms with van der Waals surface area (Å²) in [5, 5.41) is 0. The summed E-state index contributed by atoms with van der Waals surface area (Å²) in [6, 6.07) is 0. The summed E-state index contributed by atoms with van der Waals surface area (Å²) >= 11 is 0. The van der Waals surface area contributed by atoms with Gasteiger partial charge in [-0.2, -0.15) is 0 Å². The van der Waals surface area contributed by atoms with Crippen molar-refractivity contribution in [3.05, 3.63) is 0 Å². The van der Waals surface area contributed by atoms with Crippen molar-refractivity contribution < 1.29 is 0 Å². The fourth-order valence-electron chi connectivity index (χ4n) is 9.75. The van der Waals surface area contributed by atoms with Gasteiger partial charge >= 0.3 is 0 Å². The highest BCUT2D eigenvalue weighted by molar-refractivity contribution is 5.30. The highest BCUT2D eigenvalue weighted by Gasteiger charge is 2.82. The minimum atomic E-state index is 0.673. The minimum Gasteiger partial charge on any atom is -0.0620 e. The second-order valence-corrected chi connectivity index (χ2v) is 11.2. The second-order valence-electron chi connectivity index (χ2n) is 11.2. The molecule has 0 aromatic rings. The first-order valence-corrected chi connectivity index (χ1v) is 10.3. The van der Waals surface area contributed by atoms with Gasteiger partial charge in [-0.05, 0) is 96.2 Å². The first-order valence-electron chi connectivity index (χ1n) is 10.3. The fraction of sp³-hybridized carbons (Fsp3) is 1.00. The Kier molecular flexibility index (Phi) is 2.48. The molecule has 9 unspecified atom stereocenters. The van der Waals surface area contributed by atoms with Gasteiger partial charge in [0.05, 0.1) is 0 Å². The van der Waals surface area contributed by atoms with Crippen molar-refractivity contribution in [2.75, 3.05) is 0 Å². The summed E-state index contributed by atoms with van der Waals surface area (Å²) in [6.45, 7) is 13.4.